The van der Waals surface area contributed by atoms with E-state index in [-0.39, 0.29) is 0 Å². The molecule has 0 saturated heterocycles. The van der Waals surface area contributed by atoms with Crippen LogP contribution < -0.4 is 0 Å². The summed E-state index contributed by atoms with van der Waals surface area (Å²) in [5.41, 5.74) is 2.36. The van der Waals surface area contributed by atoms with Crippen LogP contribution in [0.5, 0.6) is 0 Å². The van der Waals surface area contributed by atoms with Crippen LogP contribution in [0, 0.1) is 6.92 Å². The van der Waals surface area contributed by atoms with Gasteiger partial charge in [-0.05, 0) is 18.6 Å². The van der Waals surface area contributed by atoms with Gasteiger partial charge < -0.3 is 0 Å². The molecule has 0 fully saturated rings. The van der Waals surface area contributed by atoms with Gasteiger partial charge in [-0.25, -0.2) is 0 Å². The van der Waals surface area contributed by atoms with E-state index in [0.717, 1.165) is 12.1 Å². The molecule has 0 aliphatic heterocycles. The summed E-state index contributed by atoms with van der Waals surface area (Å²) in [7, 11) is 0. The van der Waals surface area contributed by atoms with Crippen molar-refractivity contribution in [2.24, 2.45) is 0 Å². The molecule has 0 bridgehead atoms. The number of aromatic nitrogens is 1. The summed E-state index contributed by atoms with van der Waals surface area (Å²) in [5.74, 6) is 0. The van der Waals surface area contributed by atoms with Crippen LogP contribution in [0.25, 0.3) is 0 Å². The zero-order chi connectivity index (χ0) is 7.40. The molecular formula is C9H11N. The minimum atomic E-state index is 0.868. The van der Waals surface area contributed by atoms with E-state index in [9.17, 15) is 0 Å². The Balaban J connectivity index is 2.91. The fourth-order valence-corrected chi connectivity index (χ4v) is 0.869. The molecule has 1 aromatic heterocycles. The van der Waals surface area contributed by atoms with E-state index in [0.29, 0.717) is 0 Å². The van der Waals surface area contributed by atoms with Crippen molar-refractivity contribution in [3.63, 3.8) is 0 Å². The van der Waals surface area contributed by atoms with Gasteiger partial charge in [-0.2, -0.15) is 0 Å². The van der Waals surface area contributed by atoms with Gasteiger partial charge in [0.05, 0.1) is 0 Å². The Bertz CT molecular complexity index is 228. The SMILES string of the molecule is C=CCc1ncccc1C. The summed E-state index contributed by atoms with van der Waals surface area (Å²) in [6, 6.07) is 4.01. The van der Waals surface area contributed by atoms with Crippen molar-refractivity contribution in [3.8, 4) is 0 Å². The second kappa shape index (κ2) is 3.16. The average Bonchev–Trinajstić information content (AvgIpc) is 1.94. The minimum Gasteiger partial charge on any atom is -0.261 e. The molecule has 0 N–H and O–H groups in total. The number of pyridine rings is 1. The molecule has 1 heterocycles. The van der Waals surface area contributed by atoms with Crippen molar-refractivity contribution in [3.05, 3.63) is 42.2 Å². The minimum absolute atomic E-state index is 0.868. The molecule has 1 rings (SSSR count). The number of rotatable bonds is 2. The molecule has 10 heavy (non-hydrogen) atoms. The summed E-state index contributed by atoms with van der Waals surface area (Å²) >= 11 is 0. The lowest BCUT2D eigenvalue weighted by Crippen LogP contribution is -1.89. The Kier molecular flexibility index (Phi) is 2.21. The lowest BCUT2D eigenvalue weighted by atomic mass is 10.2. The van der Waals surface area contributed by atoms with Crippen LogP contribution in [0.15, 0.2) is 31.0 Å². The quantitative estimate of drug-likeness (QED) is 0.563. The summed E-state index contributed by atoms with van der Waals surface area (Å²) in [6.07, 6.45) is 4.55. The van der Waals surface area contributed by atoms with Crippen LogP contribution in [0.1, 0.15) is 11.3 Å². The van der Waals surface area contributed by atoms with E-state index >= 15 is 0 Å². The molecule has 0 spiro atoms. The van der Waals surface area contributed by atoms with Crippen LogP contribution in [0.2, 0.25) is 0 Å². The molecule has 52 valence electrons. The van der Waals surface area contributed by atoms with Crippen LogP contribution in [-0.4, -0.2) is 4.98 Å². The third kappa shape index (κ3) is 1.44. The van der Waals surface area contributed by atoms with Gasteiger partial charge in [-0.3, -0.25) is 4.98 Å². The number of nitrogens with zero attached hydrogens (tertiary/aromatic N) is 1. The molecule has 1 heteroatoms. The number of aryl methyl sites for hydroxylation is 1. The highest BCUT2D eigenvalue weighted by Gasteiger charge is 1.92. The maximum Gasteiger partial charge on any atom is 0.0470 e. The van der Waals surface area contributed by atoms with Gasteiger partial charge in [0.15, 0.2) is 0 Å². The van der Waals surface area contributed by atoms with Crippen molar-refractivity contribution < 1.29 is 0 Å². The van der Waals surface area contributed by atoms with Gasteiger partial charge >= 0.3 is 0 Å². The Hall–Kier alpha value is -1.11. The Morgan fingerprint density at radius 3 is 3.10 bits per heavy atom. The smallest absolute Gasteiger partial charge is 0.0470 e. The fourth-order valence-electron chi connectivity index (χ4n) is 0.869. The van der Waals surface area contributed by atoms with Crippen LogP contribution in [0.3, 0.4) is 0 Å². The number of hydrogen-bond donors (Lipinski definition) is 0. The predicted octanol–water partition coefficient (Wildman–Crippen LogP) is 2.12. The van der Waals surface area contributed by atoms with Crippen molar-refractivity contribution in [1.29, 1.82) is 0 Å². The van der Waals surface area contributed by atoms with Crippen LogP contribution >= 0.6 is 0 Å². The third-order valence-corrected chi connectivity index (χ3v) is 1.46. The molecule has 0 atom stereocenters. The molecule has 0 aliphatic carbocycles. The topological polar surface area (TPSA) is 12.9 Å². The highest BCUT2D eigenvalue weighted by Crippen LogP contribution is 2.03. The summed E-state index contributed by atoms with van der Waals surface area (Å²) in [6.45, 7) is 5.72. The summed E-state index contributed by atoms with van der Waals surface area (Å²) in [4.78, 5) is 4.20. The second-order valence-corrected chi connectivity index (χ2v) is 2.26. The van der Waals surface area contributed by atoms with Crippen LogP contribution in [0.4, 0.5) is 0 Å². The summed E-state index contributed by atoms with van der Waals surface area (Å²) < 4.78 is 0. The standard InChI is InChI=1S/C9H11N/c1-3-5-9-8(2)6-4-7-10-9/h3-4,6-7H,1,5H2,2H3. The molecule has 0 saturated carbocycles. The molecule has 0 aliphatic rings. The maximum absolute atomic E-state index is 4.20. The Morgan fingerprint density at radius 1 is 1.70 bits per heavy atom. The zero-order valence-corrected chi connectivity index (χ0v) is 6.17. The second-order valence-electron chi connectivity index (χ2n) is 2.26. The first-order valence-corrected chi connectivity index (χ1v) is 3.36. The molecule has 0 amide bonds. The van der Waals surface area contributed by atoms with E-state index in [1.807, 2.05) is 18.3 Å². The number of hydrogen-bond acceptors (Lipinski definition) is 1. The zero-order valence-electron chi connectivity index (χ0n) is 6.17. The van der Waals surface area contributed by atoms with E-state index < -0.39 is 0 Å². The van der Waals surface area contributed by atoms with E-state index in [2.05, 4.69) is 24.6 Å². The van der Waals surface area contributed by atoms with E-state index in [1.165, 1.54) is 5.56 Å². The van der Waals surface area contributed by atoms with Crippen molar-refractivity contribution >= 4 is 0 Å². The van der Waals surface area contributed by atoms with Gasteiger partial charge in [0, 0.05) is 18.3 Å². The predicted molar refractivity (Wildman–Crippen MR) is 42.9 cm³/mol. The molecule has 1 nitrogen and oxygen atoms in total. The normalized spacial score (nSPS) is 9.30. The molecular weight excluding hydrogens is 122 g/mol. The largest absolute Gasteiger partial charge is 0.261 e. The van der Waals surface area contributed by atoms with Gasteiger partial charge in [0.25, 0.3) is 0 Å². The van der Waals surface area contributed by atoms with Crippen molar-refractivity contribution in [2.75, 3.05) is 0 Å². The van der Waals surface area contributed by atoms with Gasteiger partial charge in [-0.1, -0.05) is 12.1 Å². The highest BCUT2D eigenvalue weighted by atomic mass is 14.7. The highest BCUT2D eigenvalue weighted by molar-refractivity contribution is 5.19. The molecule has 0 aromatic carbocycles. The number of allylic oxidation sites excluding steroid dienone is 1. The molecule has 1 aromatic rings. The van der Waals surface area contributed by atoms with E-state index in [1.54, 1.807) is 0 Å². The Morgan fingerprint density at radius 2 is 2.50 bits per heavy atom. The molecule has 0 unspecified atom stereocenters. The average molecular weight is 133 g/mol. The van der Waals surface area contributed by atoms with Crippen molar-refractivity contribution in [2.45, 2.75) is 13.3 Å². The molecule has 0 radical (unpaired) electrons. The van der Waals surface area contributed by atoms with Gasteiger partial charge in [0.1, 0.15) is 0 Å². The third-order valence-electron chi connectivity index (χ3n) is 1.46. The fraction of sp³-hybridized carbons (Fsp3) is 0.222. The lowest BCUT2D eigenvalue weighted by molar-refractivity contribution is 1.07. The van der Waals surface area contributed by atoms with Crippen molar-refractivity contribution in [1.82, 2.24) is 4.98 Å². The van der Waals surface area contributed by atoms with Crippen LogP contribution in [-0.2, 0) is 6.42 Å². The monoisotopic (exact) mass is 133 g/mol. The van der Waals surface area contributed by atoms with E-state index in [4.69, 9.17) is 0 Å². The first kappa shape index (κ1) is 7.00. The first-order valence-electron chi connectivity index (χ1n) is 3.36. The summed E-state index contributed by atoms with van der Waals surface area (Å²) in [5, 5.41) is 0. The maximum atomic E-state index is 4.20. The van der Waals surface area contributed by atoms with Gasteiger partial charge in [0.2, 0.25) is 0 Å². The lowest BCUT2D eigenvalue weighted by Gasteiger charge is -1.98. The first-order chi connectivity index (χ1) is 4.84. The van der Waals surface area contributed by atoms with Gasteiger partial charge in [-0.15, -0.1) is 6.58 Å². The Labute approximate surface area is 61.4 Å².